The first-order chi connectivity index (χ1) is 9.49. The van der Waals surface area contributed by atoms with Crippen molar-refractivity contribution in [3.05, 3.63) is 53.0 Å². The molecule has 0 spiro atoms. The minimum atomic E-state index is -0.322. The number of nitrogens with one attached hydrogen (secondary N) is 2. The normalized spacial score (nSPS) is 10.2. The van der Waals surface area contributed by atoms with E-state index >= 15 is 0 Å². The first kappa shape index (κ1) is 14.0. The minimum Gasteiger partial charge on any atom is -0.373 e. The van der Waals surface area contributed by atoms with E-state index in [-0.39, 0.29) is 11.7 Å². The van der Waals surface area contributed by atoms with Crippen LogP contribution in [0, 0.1) is 19.7 Å². The van der Waals surface area contributed by atoms with Crippen LogP contribution in [0.3, 0.4) is 0 Å². The van der Waals surface area contributed by atoms with Crippen LogP contribution in [0.5, 0.6) is 0 Å². The van der Waals surface area contributed by atoms with Crippen LogP contribution in [0.2, 0.25) is 0 Å². The lowest BCUT2D eigenvalue weighted by Crippen LogP contribution is -2.14. The van der Waals surface area contributed by atoms with E-state index in [4.69, 9.17) is 0 Å². The summed E-state index contributed by atoms with van der Waals surface area (Å²) in [7, 11) is 1.74. The molecule has 0 atom stereocenters. The molecule has 2 N–H and O–H groups in total. The number of halogens is 1. The minimum absolute atomic E-state index is 0.248. The van der Waals surface area contributed by atoms with Gasteiger partial charge in [-0.1, -0.05) is 0 Å². The van der Waals surface area contributed by atoms with Gasteiger partial charge >= 0.3 is 0 Å². The summed E-state index contributed by atoms with van der Waals surface area (Å²) in [5.74, 6) is 0.0606. The third-order valence-electron chi connectivity index (χ3n) is 2.91. The highest BCUT2D eigenvalue weighted by Gasteiger charge is 2.10. The predicted octanol–water partition coefficient (Wildman–Crippen LogP) is 3.13. The van der Waals surface area contributed by atoms with Crippen molar-refractivity contribution >= 4 is 17.4 Å². The topological polar surface area (TPSA) is 54.0 Å². The van der Waals surface area contributed by atoms with Crippen molar-refractivity contribution in [3.63, 3.8) is 0 Å². The highest BCUT2D eigenvalue weighted by Crippen LogP contribution is 2.18. The molecule has 1 aromatic heterocycles. The summed E-state index contributed by atoms with van der Waals surface area (Å²) >= 11 is 0. The molecule has 0 aliphatic heterocycles. The zero-order chi connectivity index (χ0) is 14.7. The average Bonchev–Trinajstić information content (AvgIpc) is 2.41. The van der Waals surface area contributed by atoms with Crippen LogP contribution >= 0.6 is 0 Å². The summed E-state index contributed by atoms with van der Waals surface area (Å²) in [6, 6.07) is 7.62. The van der Waals surface area contributed by atoms with Gasteiger partial charge in [0.1, 0.15) is 11.6 Å². The van der Waals surface area contributed by atoms with Gasteiger partial charge < -0.3 is 10.6 Å². The number of hydrogen-bond acceptors (Lipinski definition) is 3. The fraction of sp³-hybridized carbons (Fsp3) is 0.200. The van der Waals surface area contributed by atoms with Gasteiger partial charge in [-0.05, 0) is 49.7 Å². The van der Waals surface area contributed by atoms with Crippen LogP contribution < -0.4 is 10.6 Å². The zero-order valence-electron chi connectivity index (χ0n) is 11.6. The van der Waals surface area contributed by atoms with Crippen molar-refractivity contribution in [2.75, 3.05) is 17.7 Å². The molecule has 0 aliphatic carbocycles. The predicted molar refractivity (Wildman–Crippen MR) is 77.6 cm³/mol. The van der Waals surface area contributed by atoms with Gasteiger partial charge in [0.15, 0.2) is 0 Å². The van der Waals surface area contributed by atoms with E-state index in [1.54, 1.807) is 32.2 Å². The molecule has 0 fully saturated rings. The van der Waals surface area contributed by atoms with Crippen molar-refractivity contribution in [1.29, 1.82) is 0 Å². The Bertz CT molecular complexity index is 656. The van der Waals surface area contributed by atoms with E-state index in [9.17, 15) is 9.18 Å². The average molecular weight is 273 g/mol. The Morgan fingerprint density at radius 3 is 2.60 bits per heavy atom. The summed E-state index contributed by atoms with van der Waals surface area (Å²) < 4.78 is 13.0. The molecule has 0 saturated carbocycles. The molecule has 4 nitrogen and oxygen atoms in total. The van der Waals surface area contributed by atoms with Gasteiger partial charge in [0.05, 0.1) is 0 Å². The van der Waals surface area contributed by atoms with E-state index in [1.807, 2.05) is 6.92 Å². The Kier molecular flexibility index (Phi) is 3.98. The second kappa shape index (κ2) is 5.69. The van der Waals surface area contributed by atoms with Gasteiger partial charge in [0.25, 0.3) is 5.91 Å². The lowest BCUT2D eigenvalue weighted by Gasteiger charge is -2.10. The molecule has 0 radical (unpaired) electrons. The van der Waals surface area contributed by atoms with Crippen molar-refractivity contribution in [1.82, 2.24) is 4.98 Å². The first-order valence-corrected chi connectivity index (χ1v) is 6.23. The van der Waals surface area contributed by atoms with E-state index in [1.165, 1.54) is 12.1 Å². The zero-order valence-corrected chi connectivity index (χ0v) is 11.6. The first-order valence-electron chi connectivity index (χ1n) is 6.23. The molecule has 0 bridgehead atoms. The van der Waals surface area contributed by atoms with Crippen molar-refractivity contribution in [2.45, 2.75) is 13.8 Å². The summed E-state index contributed by atoms with van der Waals surface area (Å²) in [4.78, 5) is 16.4. The van der Waals surface area contributed by atoms with E-state index in [0.717, 1.165) is 5.69 Å². The third-order valence-corrected chi connectivity index (χ3v) is 2.91. The fourth-order valence-electron chi connectivity index (χ4n) is 1.89. The standard InChI is InChI=1S/C15H16FN3O/c1-9-6-12(16)4-5-13(9)19-15(20)11-7-10(2)18-14(8-11)17-3/h4-8H,1-3H3,(H,17,18)(H,19,20). The fourth-order valence-corrected chi connectivity index (χ4v) is 1.89. The van der Waals surface area contributed by atoms with Crippen LogP contribution in [0.1, 0.15) is 21.6 Å². The lowest BCUT2D eigenvalue weighted by atomic mass is 10.1. The summed E-state index contributed by atoms with van der Waals surface area (Å²) in [6.07, 6.45) is 0. The maximum Gasteiger partial charge on any atom is 0.255 e. The highest BCUT2D eigenvalue weighted by atomic mass is 19.1. The number of nitrogens with zero attached hydrogens (tertiary/aromatic N) is 1. The number of aromatic nitrogens is 1. The number of hydrogen-bond donors (Lipinski definition) is 2. The number of aryl methyl sites for hydroxylation is 2. The Morgan fingerprint density at radius 1 is 1.20 bits per heavy atom. The summed E-state index contributed by atoms with van der Waals surface area (Å²) in [5, 5.41) is 5.68. The highest BCUT2D eigenvalue weighted by molar-refractivity contribution is 6.05. The number of amides is 1. The van der Waals surface area contributed by atoms with Crippen molar-refractivity contribution in [2.24, 2.45) is 0 Å². The number of pyridine rings is 1. The summed E-state index contributed by atoms with van der Waals surface area (Å²) in [6.45, 7) is 3.57. The van der Waals surface area contributed by atoms with Gasteiger partial charge in [-0.3, -0.25) is 4.79 Å². The summed E-state index contributed by atoms with van der Waals surface area (Å²) in [5.41, 5.74) is 2.53. The maximum atomic E-state index is 13.0. The lowest BCUT2D eigenvalue weighted by molar-refractivity contribution is 0.102. The van der Waals surface area contributed by atoms with E-state index in [0.29, 0.717) is 22.6 Å². The SMILES string of the molecule is CNc1cc(C(=O)Nc2ccc(F)cc2C)cc(C)n1. The molecule has 1 aromatic carbocycles. The van der Waals surface area contributed by atoms with Gasteiger partial charge in [0.2, 0.25) is 0 Å². The number of benzene rings is 1. The number of rotatable bonds is 3. The van der Waals surface area contributed by atoms with Gasteiger partial charge in [-0.25, -0.2) is 9.37 Å². The molecule has 5 heteroatoms. The van der Waals surface area contributed by atoms with Gasteiger partial charge in [0, 0.05) is 24.0 Å². The molecule has 1 heterocycles. The molecule has 2 aromatic rings. The second-order valence-corrected chi connectivity index (χ2v) is 4.55. The molecular weight excluding hydrogens is 257 g/mol. The third kappa shape index (κ3) is 3.12. The molecule has 1 amide bonds. The number of carbonyl (C=O) groups excluding carboxylic acids is 1. The van der Waals surface area contributed by atoms with Crippen LogP contribution in [0.25, 0.3) is 0 Å². The van der Waals surface area contributed by atoms with Gasteiger partial charge in [-0.2, -0.15) is 0 Å². The van der Waals surface area contributed by atoms with Gasteiger partial charge in [-0.15, -0.1) is 0 Å². The maximum absolute atomic E-state index is 13.0. The molecule has 0 unspecified atom stereocenters. The quantitative estimate of drug-likeness (QED) is 0.903. The Hall–Kier alpha value is -2.43. The number of carbonyl (C=O) groups is 1. The van der Waals surface area contributed by atoms with Crippen molar-refractivity contribution in [3.8, 4) is 0 Å². The van der Waals surface area contributed by atoms with E-state index < -0.39 is 0 Å². The largest absolute Gasteiger partial charge is 0.373 e. The molecule has 20 heavy (non-hydrogen) atoms. The molecule has 0 aliphatic rings. The Morgan fingerprint density at radius 2 is 1.95 bits per heavy atom. The Labute approximate surface area is 117 Å². The van der Waals surface area contributed by atoms with Crippen LogP contribution in [-0.2, 0) is 0 Å². The monoisotopic (exact) mass is 273 g/mol. The smallest absolute Gasteiger partial charge is 0.255 e. The number of anilines is 2. The second-order valence-electron chi connectivity index (χ2n) is 4.55. The Balaban J connectivity index is 2.26. The van der Waals surface area contributed by atoms with E-state index in [2.05, 4.69) is 15.6 Å². The molecular formula is C15H16FN3O. The van der Waals surface area contributed by atoms with Crippen LogP contribution in [-0.4, -0.2) is 17.9 Å². The molecule has 2 rings (SSSR count). The van der Waals surface area contributed by atoms with Crippen LogP contribution in [0.4, 0.5) is 15.9 Å². The molecule has 0 saturated heterocycles. The van der Waals surface area contributed by atoms with Crippen molar-refractivity contribution < 1.29 is 9.18 Å². The van der Waals surface area contributed by atoms with Crippen LogP contribution in [0.15, 0.2) is 30.3 Å². The molecule has 104 valence electrons.